The van der Waals surface area contributed by atoms with Gasteiger partial charge < -0.3 is 19.5 Å². The fraction of sp³-hybridized carbons (Fsp3) is 0.250. The van der Waals surface area contributed by atoms with Crippen molar-refractivity contribution in [3.05, 3.63) is 41.1 Å². The van der Waals surface area contributed by atoms with Crippen LogP contribution in [0.3, 0.4) is 0 Å². The normalized spacial score (nSPS) is 15.2. The Hall–Kier alpha value is -2.71. The standard InChI is InChI=1S/C16H13ClN6O2/c17-8-1-2-11-10(3-8)15-12(5-18-11)19-13(20-15)4-14-21-16(25-22-14)23-6-9(24)7-23/h1-3,5,9,24H,4,6-7H2,(H,19,20). The van der Waals surface area contributed by atoms with Crippen molar-refractivity contribution in [2.24, 2.45) is 0 Å². The number of aliphatic hydroxyl groups excluding tert-OH is 1. The van der Waals surface area contributed by atoms with Crippen molar-refractivity contribution in [1.29, 1.82) is 0 Å². The summed E-state index contributed by atoms with van der Waals surface area (Å²) < 4.78 is 5.23. The number of aromatic nitrogens is 5. The minimum atomic E-state index is -0.321. The van der Waals surface area contributed by atoms with Gasteiger partial charge in [0.1, 0.15) is 5.82 Å². The van der Waals surface area contributed by atoms with Gasteiger partial charge in [0.25, 0.3) is 0 Å². The summed E-state index contributed by atoms with van der Waals surface area (Å²) in [7, 11) is 0. The number of anilines is 1. The maximum Gasteiger partial charge on any atom is 0.324 e. The fourth-order valence-electron chi connectivity index (χ4n) is 2.97. The van der Waals surface area contributed by atoms with Crippen molar-refractivity contribution in [2.75, 3.05) is 18.0 Å². The number of H-pyrrole nitrogens is 1. The first-order chi connectivity index (χ1) is 12.2. The molecular formula is C16H13ClN6O2. The topological polar surface area (TPSA) is 104 Å². The zero-order valence-corrected chi connectivity index (χ0v) is 13.7. The number of benzene rings is 1. The SMILES string of the molecule is OC1CN(c2nc(Cc3nc4c(cnc5ccc(Cl)cc54)[nH]3)no2)C1. The first-order valence-electron chi connectivity index (χ1n) is 7.84. The second-order valence-electron chi connectivity index (χ2n) is 6.09. The maximum absolute atomic E-state index is 9.35. The van der Waals surface area contributed by atoms with Crippen molar-refractivity contribution in [2.45, 2.75) is 12.5 Å². The van der Waals surface area contributed by atoms with Gasteiger partial charge in [-0.05, 0) is 18.2 Å². The Morgan fingerprint density at radius 3 is 3.04 bits per heavy atom. The lowest BCUT2D eigenvalue weighted by Gasteiger charge is -2.33. The molecule has 1 saturated heterocycles. The van der Waals surface area contributed by atoms with Gasteiger partial charge in [0.05, 0.1) is 48.4 Å². The van der Waals surface area contributed by atoms with Gasteiger partial charge in [-0.1, -0.05) is 16.8 Å². The Bertz CT molecular complexity index is 1080. The van der Waals surface area contributed by atoms with Crippen molar-refractivity contribution >= 4 is 39.6 Å². The monoisotopic (exact) mass is 356 g/mol. The number of halogens is 1. The number of hydrogen-bond donors (Lipinski definition) is 2. The summed E-state index contributed by atoms with van der Waals surface area (Å²) >= 11 is 6.10. The second kappa shape index (κ2) is 5.40. The number of nitrogens with zero attached hydrogens (tertiary/aromatic N) is 5. The minimum absolute atomic E-state index is 0.321. The van der Waals surface area contributed by atoms with E-state index >= 15 is 0 Å². The number of rotatable bonds is 3. The first kappa shape index (κ1) is 14.6. The van der Waals surface area contributed by atoms with Crippen molar-refractivity contribution < 1.29 is 9.63 Å². The summed E-state index contributed by atoms with van der Waals surface area (Å²) in [5, 5.41) is 14.9. The minimum Gasteiger partial charge on any atom is -0.389 e. The van der Waals surface area contributed by atoms with E-state index in [2.05, 4.69) is 25.1 Å². The van der Waals surface area contributed by atoms with Crippen LogP contribution in [-0.4, -0.2) is 49.4 Å². The largest absolute Gasteiger partial charge is 0.389 e. The molecule has 1 aromatic carbocycles. The van der Waals surface area contributed by atoms with E-state index in [-0.39, 0.29) is 6.10 Å². The molecule has 0 bridgehead atoms. The highest BCUT2D eigenvalue weighted by molar-refractivity contribution is 6.31. The molecule has 1 aliphatic heterocycles. The van der Waals surface area contributed by atoms with Crippen LogP contribution in [-0.2, 0) is 6.42 Å². The summed E-state index contributed by atoms with van der Waals surface area (Å²) in [5.41, 5.74) is 2.49. The highest BCUT2D eigenvalue weighted by Gasteiger charge is 2.28. The van der Waals surface area contributed by atoms with Crippen LogP contribution in [0, 0.1) is 0 Å². The number of imidazole rings is 1. The van der Waals surface area contributed by atoms with Crippen LogP contribution in [0.4, 0.5) is 6.01 Å². The van der Waals surface area contributed by atoms with Crippen LogP contribution >= 0.6 is 11.6 Å². The summed E-state index contributed by atoms with van der Waals surface area (Å²) in [4.78, 5) is 18.5. The molecule has 126 valence electrons. The van der Waals surface area contributed by atoms with E-state index in [9.17, 15) is 5.11 Å². The van der Waals surface area contributed by atoms with Crippen LogP contribution < -0.4 is 4.90 Å². The number of fused-ring (bicyclic) bond motifs is 3. The molecule has 0 radical (unpaired) electrons. The Morgan fingerprint density at radius 1 is 1.32 bits per heavy atom. The molecular weight excluding hydrogens is 344 g/mol. The van der Waals surface area contributed by atoms with Gasteiger partial charge in [-0.25, -0.2) is 4.98 Å². The number of aliphatic hydroxyl groups is 1. The fourth-order valence-corrected chi connectivity index (χ4v) is 3.14. The lowest BCUT2D eigenvalue weighted by molar-refractivity contribution is 0.135. The van der Waals surface area contributed by atoms with Crippen LogP contribution in [0.25, 0.3) is 21.9 Å². The molecule has 1 fully saturated rings. The molecule has 0 aliphatic carbocycles. The highest BCUT2D eigenvalue weighted by atomic mass is 35.5. The van der Waals surface area contributed by atoms with Crippen LogP contribution in [0.15, 0.2) is 28.9 Å². The Balaban J connectivity index is 1.47. The molecule has 9 heteroatoms. The van der Waals surface area contributed by atoms with Crippen LogP contribution in [0.2, 0.25) is 5.02 Å². The third-order valence-corrected chi connectivity index (χ3v) is 4.48. The molecule has 0 amide bonds. The van der Waals surface area contributed by atoms with Gasteiger partial charge >= 0.3 is 6.01 Å². The van der Waals surface area contributed by atoms with Gasteiger partial charge in [0.15, 0.2) is 5.82 Å². The average molecular weight is 357 g/mol. The average Bonchev–Trinajstić information content (AvgIpc) is 3.18. The molecule has 0 spiro atoms. The van der Waals surface area contributed by atoms with E-state index in [1.165, 1.54) is 0 Å². The zero-order chi connectivity index (χ0) is 17.0. The number of nitrogens with one attached hydrogen (secondary N) is 1. The zero-order valence-electron chi connectivity index (χ0n) is 13.0. The Kier molecular flexibility index (Phi) is 3.16. The van der Waals surface area contributed by atoms with E-state index < -0.39 is 0 Å². The van der Waals surface area contributed by atoms with Crippen LogP contribution in [0.1, 0.15) is 11.6 Å². The van der Waals surface area contributed by atoms with Crippen molar-refractivity contribution in [3.63, 3.8) is 0 Å². The molecule has 1 aliphatic rings. The van der Waals surface area contributed by atoms with E-state index in [1.807, 2.05) is 23.1 Å². The predicted octanol–water partition coefficient (Wildman–Crippen LogP) is 1.92. The predicted molar refractivity (Wildman–Crippen MR) is 91.7 cm³/mol. The van der Waals surface area contributed by atoms with Gasteiger partial charge in [0.2, 0.25) is 0 Å². The van der Waals surface area contributed by atoms with Crippen molar-refractivity contribution in [1.82, 2.24) is 25.1 Å². The number of β-amino-alcohol motifs (C(OH)–C–C–N with tert-alkyl or cyclic N) is 1. The molecule has 2 N–H and O–H groups in total. The summed E-state index contributed by atoms with van der Waals surface area (Å²) in [6, 6.07) is 5.97. The molecule has 4 heterocycles. The molecule has 25 heavy (non-hydrogen) atoms. The third-order valence-electron chi connectivity index (χ3n) is 4.24. The second-order valence-corrected chi connectivity index (χ2v) is 6.53. The summed E-state index contributed by atoms with van der Waals surface area (Å²) in [6.45, 7) is 1.04. The van der Waals surface area contributed by atoms with Gasteiger partial charge in [-0.2, -0.15) is 4.98 Å². The lowest BCUT2D eigenvalue weighted by atomic mass is 10.2. The molecule has 4 aromatic rings. The van der Waals surface area contributed by atoms with Gasteiger partial charge in [-0.3, -0.25) is 4.98 Å². The molecule has 5 rings (SSSR count). The number of hydrogen-bond acceptors (Lipinski definition) is 7. The highest BCUT2D eigenvalue weighted by Crippen LogP contribution is 2.25. The van der Waals surface area contributed by atoms with E-state index in [0.29, 0.717) is 36.4 Å². The molecule has 0 unspecified atom stereocenters. The van der Waals surface area contributed by atoms with Crippen molar-refractivity contribution in [3.8, 4) is 0 Å². The molecule has 3 aromatic heterocycles. The lowest BCUT2D eigenvalue weighted by Crippen LogP contribution is -2.51. The molecule has 0 saturated carbocycles. The van der Waals surface area contributed by atoms with E-state index in [4.69, 9.17) is 16.1 Å². The quantitative estimate of drug-likeness (QED) is 0.577. The number of aromatic amines is 1. The Labute approximate surface area is 146 Å². The van der Waals surface area contributed by atoms with Gasteiger partial charge in [0, 0.05) is 10.4 Å². The summed E-state index contributed by atoms with van der Waals surface area (Å²) in [5.74, 6) is 1.26. The molecule has 0 atom stereocenters. The first-order valence-corrected chi connectivity index (χ1v) is 8.22. The third kappa shape index (κ3) is 2.50. The van der Waals surface area contributed by atoms with Crippen LogP contribution in [0.5, 0.6) is 0 Å². The van der Waals surface area contributed by atoms with E-state index in [1.54, 1.807) is 6.20 Å². The summed E-state index contributed by atoms with van der Waals surface area (Å²) in [6.07, 6.45) is 1.85. The smallest absolute Gasteiger partial charge is 0.324 e. The Morgan fingerprint density at radius 2 is 2.20 bits per heavy atom. The van der Waals surface area contributed by atoms with Gasteiger partial charge in [-0.15, -0.1) is 0 Å². The molecule has 8 nitrogen and oxygen atoms in total. The number of pyridine rings is 1. The van der Waals surface area contributed by atoms with E-state index in [0.717, 1.165) is 27.8 Å². The maximum atomic E-state index is 9.35.